The van der Waals surface area contributed by atoms with Gasteiger partial charge in [-0.3, -0.25) is 5.48 Å². The first-order chi connectivity index (χ1) is 9.19. The molecule has 0 fully saturated rings. The van der Waals surface area contributed by atoms with Gasteiger partial charge in [-0.25, -0.2) is 14.2 Å². The third-order valence-electron chi connectivity index (χ3n) is 3.46. The van der Waals surface area contributed by atoms with E-state index in [1.54, 1.807) is 0 Å². The molecule has 1 aromatic carbocycles. The lowest BCUT2D eigenvalue weighted by Crippen LogP contribution is -2.22. The summed E-state index contributed by atoms with van der Waals surface area (Å²) in [6, 6.07) is 7.65. The number of benzene rings is 1. The predicted molar refractivity (Wildman–Crippen MR) is 72.9 cm³/mol. The summed E-state index contributed by atoms with van der Waals surface area (Å²) in [6.45, 7) is 1.87. The van der Waals surface area contributed by atoms with E-state index in [1.807, 2.05) is 43.3 Å². The molecule has 4 heteroatoms. The molecule has 3 nitrogen and oxygen atoms in total. The van der Waals surface area contributed by atoms with Gasteiger partial charge in [0.25, 0.3) is 0 Å². The van der Waals surface area contributed by atoms with E-state index in [4.69, 9.17) is 4.84 Å². The molecule has 1 heterocycles. The van der Waals surface area contributed by atoms with Crippen LogP contribution in [-0.4, -0.2) is 6.34 Å². The summed E-state index contributed by atoms with van der Waals surface area (Å²) in [4.78, 5) is 9.60. The van der Waals surface area contributed by atoms with Crippen LogP contribution in [0.5, 0.6) is 0 Å². The molecule has 0 radical (unpaired) electrons. The molecule has 0 amide bonds. The highest BCUT2D eigenvalue weighted by atomic mass is 19.1. The summed E-state index contributed by atoms with van der Waals surface area (Å²) >= 11 is 0. The minimum absolute atomic E-state index is 0.0433. The van der Waals surface area contributed by atoms with Crippen LogP contribution >= 0.6 is 0 Å². The van der Waals surface area contributed by atoms with E-state index in [0.717, 1.165) is 17.5 Å². The third kappa shape index (κ3) is 2.19. The predicted octanol–water partition coefficient (Wildman–Crippen LogP) is 3.45. The Kier molecular flexibility index (Phi) is 2.95. The third-order valence-corrected chi connectivity index (χ3v) is 3.46. The van der Waals surface area contributed by atoms with Crippen LogP contribution in [0.15, 0.2) is 47.2 Å². The fourth-order valence-electron chi connectivity index (χ4n) is 2.30. The number of hydrogen-bond acceptors (Lipinski definition) is 3. The molecule has 0 bridgehead atoms. The Morgan fingerprint density at radius 3 is 2.74 bits per heavy atom. The standard InChI is InChI=1S/C15H15FN2O/c1-15(17-10-18-19-15)12-8-6-11(7-9-12)13-4-2-3-5-14(13)16/h2,4,6-10H,3,5H2,1H3,(H,17,18). The minimum Gasteiger partial charge on any atom is -0.253 e. The van der Waals surface area contributed by atoms with Crippen molar-refractivity contribution in [3.05, 3.63) is 53.4 Å². The highest BCUT2D eigenvalue weighted by molar-refractivity contribution is 5.76. The molecule has 0 spiro atoms. The smallest absolute Gasteiger partial charge is 0.209 e. The second kappa shape index (κ2) is 4.63. The second-order valence-electron chi connectivity index (χ2n) is 4.80. The van der Waals surface area contributed by atoms with Crippen LogP contribution in [0, 0.1) is 0 Å². The molecular formula is C15H15FN2O. The molecule has 1 N–H and O–H groups in total. The van der Waals surface area contributed by atoms with Crippen LogP contribution in [0.4, 0.5) is 4.39 Å². The number of rotatable bonds is 2. The summed E-state index contributed by atoms with van der Waals surface area (Å²) in [5.74, 6) is -0.0433. The SMILES string of the molecule is CC1(c2ccc(C3=C(F)CCC=C3)cc2)N=CNO1. The Morgan fingerprint density at radius 2 is 2.11 bits per heavy atom. The lowest BCUT2D eigenvalue weighted by atomic mass is 9.96. The van der Waals surface area contributed by atoms with E-state index < -0.39 is 5.72 Å². The second-order valence-corrected chi connectivity index (χ2v) is 4.80. The van der Waals surface area contributed by atoms with Gasteiger partial charge >= 0.3 is 0 Å². The van der Waals surface area contributed by atoms with E-state index in [0.29, 0.717) is 12.0 Å². The van der Waals surface area contributed by atoms with Crippen molar-refractivity contribution in [3.8, 4) is 0 Å². The van der Waals surface area contributed by atoms with Crippen LogP contribution in [0.1, 0.15) is 30.9 Å². The molecule has 1 aliphatic carbocycles. The number of hydroxylamine groups is 1. The van der Waals surface area contributed by atoms with Crippen molar-refractivity contribution in [2.45, 2.75) is 25.5 Å². The van der Waals surface area contributed by atoms with Gasteiger partial charge in [-0.05, 0) is 18.9 Å². The van der Waals surface area contributed by atoms with Crippen LogP contribution in [0.2, 0.25) is 0 Å². The first-order valence-corrected chi connectivity index (χ1v) is 6.32. The fraction of sp³-hybridized carbons (Fsp3) is 0.267. The molecule has 0 saturated heterocycles. The lowest BCUT2D eigenvalue weighted by molar-refractivity contribution is -0.0446. The summed E-state index contributed by atoms with van der Waals surface area (Å²) in [5, 5.41) is 0. The molecule has 98 valence electrons. The van der Waals surface area contributed by atoms with Crippen molar-refractivity contribution in [3.63, 3.8) is 0 Å². The number of aliphatic imine (C=N–C) groups is 1. The number of halogens is 1. The van der Waals surface area contributed by atoms with Crippen LogP contribution in [0.3, 0.4) is 0 Å². The number of nitrogens with zero attached hydrogens (tertiary/aromatic N) is 1. The molecule has 0 aromatic heterocycles. The van der Waals surface area contributed by atoms with Crippen molar-refractivity contribution < 1.29 is 9.23 Å². The van der Waals surface area contributed by atoms with Gasteiger partial charge in [0.2, 0.25) is 5.72 Å². The molecule has 1 aromatic rings. The van der Waals surface area contributed by atoms with E-state index in [1.165, 1.54) is 6.34 Å². The van der Waals surface area contributed by atoms with Gasteiger partial charge in [0.1, 0.15) is 12.2 Å². The van der Waals surface area contributed by atoms with E-state index >= 15 is 0 Å². The zero-order valence-electron chi connectivity index (χ0n) is 10.7. The monoisotopic (exact) mass is 258 g/mol. The van der Waals surface area contributed by atoms with E-state index in [9.17, 15) is 4.39 Å². The van der Waals surface area contributed by atoms with Crippen molar-refractivity contribution in [1.29, 1.82) is 0 Å². The largest absolute Gasteiger partial charge is 0.253 e. The maximum Gasteiger partial charge on any atom is 0.209 e. The average molecular weight is 258 g/mol. The highest BCUT2D eigenvalue weighted by Crippen LogP contribution is 2.32. The first kappa shape index (κ1) is 12.1. The van der Waals surface area contributed by atoms with Crippen molar-refractivity contribution in [2.24, 2.45) is 4.99 Å². The van der Waals surface area contributed by atoms with Gasteiger partial charge in [-0.2, -0.15) is 0 Å². The Hall–Kier alpha value is -1.94. The van der Waals surface area contributed by atoms with Crippen molar-refractivity contribution in [2.75, 3.05) is 0 Å². The topological polar surface area (TPSA) is 33.6 Å². The zero-order chi connectivity index (χ0) is 13.3. The van der Waals surface area contributed by atoms with E-state index in [-0.39, 0.29) is 5.83 Å². The normalized spacial score (nSPS) is 25.8. The maximum atomic E-state index is 13.8. The van der Waals surface area contributed by atoms with Gasteiger partial charge in [0.15, 0.2) is 0 Å². The zero-order valence-corrected chi connectivity index (χ0v) is 10.7. The summed E-state index contributed by atoms with van der Waals surface area (Å²) in [6.07, 6.45) is 6.64. The molecule has 1 unspecified atom stereocenters. The fourth-order valence-corrected chi connectivity index (χ4v) is 2.30. The molecular weight excluding hydrogens is 243 g/mol. The number of allylic oxidation sites excluding steroid dienone is 4. The van der Waals surface area contributed by atoms with Crippen molar-refractivity contribution in [1.82, 2.24) is 5.48 Å². The van der Waals surface area contributed by atoms with Gasteiger partial charge in [-0.1, -0.05) is 36.4 Å². The average Bonchev–Trinajstić information content (AvgIpc) is 2.88. The van der Waals surface area contributed by atoms with Crippen molar-refractivity contribution >= 4 is 11.9 Å². The van der Waals surface area contributed by atoms with Gasteiger partial charge in [0.05, 0.1) is 0 Å². The van der Waals surface area contributed by atoms with Gasteiger partial charge < -0.3 is 0 Å². The molecule has 0 saturated carbocycles. The van der Waals surface area contributed by atoms with E-state index in [2.05, 4.69) is 10.5 Å². The molecule has 1 aliphatic heterocycles. The summed E-state index contributed by atoms with van der Waals surface area (Å²) in [5.41, 5.74) is 4.42. The minimum atomic E-state index is -0.701. The molecule has 2 aliphatic rings. The summed E-state index contributed by atoms with van der Waals surface area (Å²) < 4.78 is 13.8. The number of hydrogen-bond donors (Lipinski definition) is 1. The van der Waals surface area contributed by atoms with Crippen LogP contribution in [-0.2, 0) is 10.6 Å². The van der Waals surface area contributed by atoms with Gasteiger partial charge in [-0.15, -0.1) is 0 Å². The molecule has 1 atom stereocenters. The Balaban J connectivity index is 1.91. The first-order valence-electron chi connectivity index (χ1n) is 6.32. The Morgan fingerprint density at radius 1 is 1.32 bits per heavy atom. The molecule has 19 heavy (non-hydrogen) atoms. The Bertz CT molecular complexity index is 574. The highest BCUT2D eigenvalue weighted by Gasteiger charge is 2.30. The number of nitrogens with one attached hydrogen (secondary N) is 1. The maximum absolute atomic E-state index is 13.8. The molecule has 3 rings (SSSR count). The Labute approximate surface area is 111 Å². The lowest BCUT2D eigenvalue weighted by Gasteiger charge is -2.19. The van der Waals surface area contributed by atoms with Gasteiger partial charge in [0, 0.05) is 17.6 Å². The van der Waals surface area contributed by atoms with Crippen LogP contribution < -0.4 is 5.48 Å². The van der Waals surface area contributed by atoms with Crippen LogP contribution in [0.25, 0.3) is 5.57 Å². The summed E-state index contributed by atoms with van der Waals surface area (Å²) in [7, 11) is 0. The quantitative estimate of drug-likeness (QED) is 0.881.